The summed E-state index contributed by atoms with van der Waals surface area (Å²) in [5, 5.41) is 13.8. The molecule has 1 amide bonds. The molecular weight excluding hydrogens is 865 g/mol. The highest BCUT2D eigenvalue weighted by Gasteiger charge is 2.23. The van der Waals surface area contributed by atoms with Crippen LogP contribution in [0.5, 0.6) is 0 Å². The number of non-ortho nitro benzene ring substituents is 1. The van der Waals surface area contributed by atoms with Crippen molar-refractivity contribution >= 4 is 29.2 Å². The van der Waals surface area contributed by atoms with Crippen LogP contribution in [0.2, 0.25) is 0 Å². The van der Waals surface area contributed by atoms with Crippen molar-refractivity contribution in [2.24, 2.45) is 0 Å². The Bertz CT molecular complexity index is 1360. The van der Waals surface area contributed by atoms with Crippen LogP contribution in [0.4, 0.5) is 11.4 Å². The molecule has 0 aliphatic heterocycles. The zero-order chi connectivity index (χ0) is 50.3. The van der Waals surface area contributed by atoms with Crippen LogP contribution in [0.3, 0.4) is 0 Å². The number of anilines is 1. The van der Waals surface area contributed by atoms with Crippen LogP contribution in [0.1, 0.15) is 264 Å². The summed E-state index contributed by atoms with van der Waals surface area (Å²) in [5.74, 6) is -0.925. The highest BCUT2D eigenvalue weighted by molar-refractivity contribution is 5.85. The van der Waals surface area contributed by atoms with Crippen molar-refractivity contribution in [2.45, 2.75) is 270 Å². The van der Waals surface area contributed by atoms with Crippen LogP contribution < -0.4 is 10.2 Å². The molecule has 1 aromatic carbocycles. The third-order valence-corrected chi connectivity index (χ3v) is 13.8. The Morgan fingerprint density at radius 3 is 1.33 bits per heavy atom. The summed E-state index contributed by atoms with van der Waals surface area (Å²) in [7, 11) is 4.16. The topological polar surface area (TPSA) is 131 Å². The minimum atomic E-state index is -0.840. The fourth-order valence-corrected chi connectivity index (χ4v) is 9.02. The molecule has 0 aliphatic carbocycles. The van der Waals surface area contributed by atoms with E-state index in [4.69, 9.17) is 9.47 Å². The lowest BCUT2D eigenvalue weighted by Crippen LogP contribution is -2.42. The highest BCUT2D eigenvalue weighted by Crippen LogP contribution is 2.19. The van der Waals surface area contributed by atoms with Crippen LogP contribution >= 0.6 is 0 Å². The number of rotatable bonds is 51. The summed E-state index contributed by atoms with van der Waals surface area (Å²) in [6.07, 6.45) is 44.9. The first-order valence-corrected chi connectivity index (χ1v) is 28.9. The predicted octanol–water partition coefficient (Wildman–Crippen LogP) is 15.8. The number of nitro benzene ring substituents is 1. The van der Waals surface area contributed by atoms with Gasteiger partial charge in [0.05, 0.1) is 18.1 Å². The molecule has 0 heterocycles. The molecule has 1 atom stereocenters. The van der Waals surface area contributed by atoms with E-state index < -0.39 is 12.0 Å². The van der Waals surface area contributed by atoms with E-state index in [-0.39, 0.29) is 35.3 Å². The van der Waals surface area contributed by atoms with Gasteiger partial charge >= 0.3 is 11.9 Å². The van der Waals surface area contributed by atoms with Crippen molar-refractivity contribution in [2.75, 3.05) is 51.8 Å². The molecule has 0 saturated heterocycles. The number of amides is 1. The third-order valence-electron chi connectivity index (χ3n) is 13.8. The average molecular weight is 972 g/mol. The summed E-state index contributed by atoms with van der Waals surface area (Å²) in [6.45, 7) is 8.10. The molecule has 1 aromatic rings. The number of ether oxygens (including phenoxy) is 2. The number of carbonyl (C=O) groups is 3. The van der Waals surface area contributed by atoms with Gasteiger partial charge in [-0.15, -0.1) is 0 Å². The largest absolute Gasteiger partial charge is 0.466 e. The van der Waals surface area contributed by atoms with Gasteiger partial charge in [-0.25, -0.2) is 4.79 Å². The number of nitro groups is 1. The summed E-state index contributed by atoms with van der Waals surface area (Å²) < 4.78 is 11.2. The Kier molecular flexibility index (Phi) is 43.6. The summed E-state index contributed by atoms with van der Waals surface area (Å²) in [5.41, 5.74) is 1.09. The molecule has 0 aliphatic rings. The molecular formula is C58H106N4O7. The van der Waals surface area contributed by atoms with Gasteiger partial charge < -0.3 is 24.6 Å². The molecule has 400 valence electrons. The number of benzene rings is 1. The molecule has 0 aromatic heterocycles. The second kappa shape index (κ2) is 47.1. The number of carbonyl (C=O) groups excluding carboxylic acids is 3. The molecule has 0 spiro atoms. The molecule has 1 unspecified atom stereocenters. The monoisotopic (exact) mass is 971 g/mol. The van der Waals surface area contributed by atoms with Gasteiger partial charge in [0.1, 0.15) is 6.04 Å². The minimum absolute atomic E-state index is 0.0788. The Balaban J connectivity index is 2.30. The van der Waals surface area contributed by atoms with Crippen molar-refractivity contribution < 1.29 is 28.8 Å². The first-order chi connectivity index (χ1) is 33.7. The lowest BCUT2D eigenvalue weighted by atomic mass is 10.0. The van der Waals surface area contributed by atoms with Gasteiger partial charge in [0.25, 0.3) is 5.69 Å². The highest BCUT2D eigenvalue weighted by atomic mass is 16.6. The molecule has 11 heteroatoms. The first kappa shape index (κ1) is 63.8. The summed E-state index contributed by atoms with van der Waals surface area (Å²) in [4.78, 5) is 54.0. The van der Waals surface area contributed by atoms with Gasteiger partial charge in [0, 0.05) is 50.8 Å². The van der Waals surface area contributed by atoms with Gasteiger partial charge in [-0.05, 0) is 57.8 Å². The van der Waals surface area contributed by atoms with E-state index in [9.17, 15) is 24.5 Å². The number of unbranched alkanes of at least 4 members (excludes halogenated alkanes) is 33. The number of hydrogen-bond donors (Lipinski definition) is 1. The van der Waals surface area contributed by atoms with Gasteiger partial charge in [-0.2, -0.15) is 0 Å². The van der Waals surface area contributed by atoms with Crippen LogP contribution in [-0.2, 0) is 23.9 Å². The number of hydrogen-bond acceptors (Lipinski definition) is 9. The zero-order valence-corrected chi connectivity index (χ0v) is 45.2. The molecule has 0 fully saturated rings. The van der Waals surface area contributed by atoms with Crippen LogP contribution in [0, 0.1) is 10.1 Å². The SMILES string of the molecule is CCCCCCCCCCCCCCCCOC(=O)CCC(NC(=O)CCCCCCCCCCN(C)CCN(C)c1ccc([N+](=O)[O-])cc1)C(=O)OCCCCCCCCCCCCCCCC. The normalized spacial score (nSPS) is 11.8. The lowest BCUT2D eigenvalue weighted by molar-refractivity contribution is -0.384. The minimum Gasteiger partial charge on any atom is -0.466 e. The second-order valence-corrected chi connectivity index (χ2v) is 20.3. The van der Waals surface area contributed by atoms with Crippen LogP contribution in [0.15, 0.2) is 24.3 Å². The molecule has 0 bridgehead atoms. The van der Waals surface area contributed by atoms with E-state index in [0.717, 1.165) is 89.5 Å². The third kappa shape index (κ3) is 40.1. The maximum absolute atomic E-state index is 13.2. The fraction of sp³-hybridized carbons (Fsp3) is 0.845. The summed E-state index contributed by atoms with van der Waals surface area (Å²) >= 11 is 0. The van der Waals surface area contributed by atoms with Gasteiger partial charge in [-0.3, -0.25) is 19.7 Å². The standard InChI is InChI=1S/C58H106N4O7/c1-5-7-9-11-13-15-17-19-21-23-27-31-35-39-51-68-57(64)47-46-55(58(65)69-52-40-36-32-28-24-22-20-18-16-14-12-10-8-6-2)59-56(63)41-37-33-29-25-26-30-34-38-48-60(3)49-50-61(4)53-42-44-54(45-43-53)62(66)67/h42-45,55H,5-41,46-52H2,1-4H3,(H,59,63). The predicted molar refractivity (Wildman–Crippen MR) is 289 cm³/mol. The van der Waals surface area contributed by atoms with E-state index in [1.807, 2.05) is 7.05 Å². The molecule has 1 rings (SSSR count). The zero-order valence-electron chi connectivity index (χ0n) is 45.2. The van der Waals surface area contributed by atoms with Crippen molar-refractivity contribution in [3.63, 3.8) is 0 Å². The molecule has 11 nitrogen and oxygen atoms in total. The molecule has 0 radical (unpaired) electrons. The van der Waals surface area contributed by atoms with Gasteiger partial charge in [0.2, 0.25) is 5.91 Å². The number of nitrogens with one attached hydrogen (secondary N) is 1. The van der Waals surface area contributed by atoms with E-state index in [2.05, 4.69) is 36.0 Å². The Morgan fingerprint density at radius 2 is 0.899 bits per heavy atom. The van der Waals surface area contributed by atoms with E-state index >= 15 is 0 Å². The second-order valence-electron chi connectivity index (χ2n) is 20.3. The number of likely N-dealkylation sites (N-methyl/N-ethyl adjacent to an activating group) is 2. The maximum atomic E-state index is 13.2. The fourth-order valence-electron chi connectivity index (χ4n) is 9.02. The molecule has 0 saturated carbocycles. The lowest BCUT2D eigenvalue weighted by Gasteiger charge is -2.23. The Labute approximate surface area is 423 Å². The smallest absolute Gasteiger partial charge is 0.328 e. The Hall–Kier alpha value is -3.21. The van der Waals surface area contributed by atoms with Crippen LogP contribution in [-0.4, -0.2) is 80.7 Å². The van der Waals surface area contributed by atoms with Crippen molar-refractivity contribution in [1.29, 1.82) is 0 Å². The first-order valence-electron chi connectivity index (χ1n) is 28.9. The number of nitrogens with zero attached hydrogens (tertiary/aromatic N) is 3. The van der Waals surface area contributed by atoms with Gasteiger partial charge in [0.15, 0.2) is 0 Å². The van der Waals surface area contributed by atoms with Crippen molar-refractivity contribution in [1.82, 2.24) is 10.2 Å². The molecule has 1 N–H and O–H groups in total. The van der Waals surface area contributed by atoms with E-state index in [1.54, 1.807) is 24.3 Å². The number of esters is 2. The quantitative estimate of drug-likeness (QED) is 0.0293. The van der Waals surface area contributed by atoms with Crippen molar-refractivity contribution in [3.8, 4) is 0 Å². The van der Waals surface area contributed by atoms with E-state index in [0.29, 0.717) is 19.6 Å². The van der Waals surface area contributed by atoms with Crippen LogP contribution in [0.25, 0.3) is 0 Å². The molecule has 69 heavy (non-hydrogen) atoms. The Morgan fingerprint density at radius 1 is 0.507 bits per heavy atom. The maximum Gasteiger partial charge on any atom is 0.328 e. The van der Waals surface area contributed by atoms with Crippen molar-refractivity contribution in [3.05, 3.63) is 34.4 Å². The summed E-state index contributed by atoms with van der Waals surface area (Å²) in [6, 6.07) is 5.86. The van der Waals surface area contributed by atoms with E-state index in [1.165, 1.54) is 167 Å². The van der Waals surface area contributed by atoms with Gasteiger partial charge in [-0.1, -0.05) is 219 Å². The average Bonchev–Trinajstić information content (AvgIpc) is 3.34.